The number of morpholine rings is 1. The molecule has 0 bridgehead atoms. The first-order valence-electron chi connectivity index (χ1n) is 14.1. The topological polar surface area (TPSA) is 88.5 Å². The van der Waals surface area contributed by atoms with E-state index in [1.165, 1.54) is 0 Å². The van der Waals surface area contributed by atoms with Crippen molar-refractivity contribution in [2.75, 3.05) is 52.6 Å². The van der Waals surface area contributed by atoms with Crippen molar-refractivity contribution in [3.05, 3.63) is 77.4 Å². The summed E-state index contributed by atoms with van der Waals surface area (Å²) in [6.07, 6.45) is 4.37. The van der Waals surface area contributed by atoms with Crippen molar-refractivity contribution in [1.82, 2.24) is 9.80 Å². The highest BCUT2D eigenvalue weighted by atomic mass is 16.5. The summed E-state index contributed by atoms with van der Waals surface area (Å²) in [5.41, 5.74) is 2.10. The summed E-state index contributed by atoms with van der Waals surface area (Å²) in [4.78, 5) is 30.7. The van der Waals surface area contributed by atoms with Gasteiger partial charge in [-0.1, -0.05) is 38.1 Å². The summed E-state index contributed by atoms with van der Waals surface area (Å²) in [5, 5.41) is 11.5. The zero-order valence-corrected chi connectivity index (χ0v) is 23.6. The summed E-state index contributed by atoms with van der Waals surface area (Å²) < 4.78 is 16.9. The Labute approximate surface area is 236 Å². The Morgan fingerprint density at radius 3 is 2.50 bits per heavy atom. The van der Waals surface area contributed by atoms with Gasteiger partial charge in [-0.25, -0.2) is 0 Å². The summed E-state index contributed by atoms with van der Waals surface area (Å²) in [6.45, 7) is 12.9. The number of unbranched alkanes of at least 4 members (excludes halogenated alkanes) is 1. The largest absolute Gasteiger partial charge is 0.507 e. The average Bonchev–Trinajstić information content (AvgIpc) is 3.22. The number of hydrogen-bond acceptors (Lipinski definition) is 7. The molecule has 214 valence electrons. The van der Waals surface area contributed by atoms with E-state index in [1.807, 2.05) is 31.2 Å². The van der Waals surface area contributed by atoms with E-state index in [4.69, 9.17) is 14.2 Å². The molecule has 0 radical (unpaired) electrons. The molecule has 0 spiro atoms. The molecular weight excluding hydrogens is 508 g/mol. The Hall–Kier alpha value is -3.62. The zero-order valence-electron chi connectivity index (χ0n) is 23.6. The highest BCUT2D eigenvalue weighted by Gasteiger charge is 2.45. The normalized spacial score (nSPS) is 19.1. The highest BCUT2D eigenvalue weighted by Crippen LogP contribution is 2.40. The van der Waals surface area contributed by atoms with Crippen LogP contribution in [0.2, 0.25) is 0 Å². The third kappa shape index (κ3) is 6.92. The van der Waals surface area contributed by atoms with Crippen LogP contribution in [-0.2, 0) is 14.3 Å². The lowest BCUT2D eigenvalue weighted by molar-refractivity contribution is -0.140. The molecule has 1 atom stereocenters. The van der Waals surface area contributed by atoms with E-state index in [0.29, 0.717) is 50.7 Å². The molecular formula is C32H40N2O6. The Bertz CT molecular complexity index is 1220. The third-order valence-electron chi connectivity index (χ3n) is 7.28. The quantitative estimate of drug-likeness (QED) is 0.125. The highest BCUT2D eigenvalue weighted by molar-refractivity contribution is 6.46. The molecule has 0 aromatic heterocycles. The van der Waals surface area contributed by atoms with Gasteiger partial charge in [-0.2, -0.15) is 0 Å². The predicted octanol–water partition coefficient (Wildman–Crippen LogP) is 4.88. The minimum Gasteiger partial charge on any atom is -0.507 e. The van der Waals surface area contributed by atoms with E-state index in [1.54, 1.807) is 29.2 Å². The molecule has 2 aromatic rings. The monoisotopic (exact) mass is 548 g/mol. The van der Waals surface area contributed by atoms with Crippen LogP contribution in [0.5, 0.6) is 11.5 Å². The first-order chi connectivity index (χ1) is 19.4. The van der Waals surface area contributed by atoms with Gasteiger partial charge in [0, 0.05) is 31.7 Å². The van der Waals surface area contributed by atoms with E-state index in [2.05, 4.69) is 18.4 Å². The van der Waals surface area contributed by atoms with Crippen LogP contribution in [0.15, 0.2) is 60.7 Å². The number of hydrogen-bond donors (Lipinski definition) is 1. The maximum absolute atomic E-state index is 13.4. The van der Waals surface area contributed by atoms with E-state index in [9.17, 15) is 14.7 Å². The van der Waals surface area contributed by atoms with Crippen LogP contribution in [0.25, 0.3) is 5.76 Å². The van der Waals surface area contributed by atoms with Gasteiger partial charge >= 0.3 is 0 Å². The number of rotatable bonds is 13. The van der Waals surface area contributed by atoms with Crippen molar-refractivity contribution in [1.29, 1.82) is 0 Å². The van der Waals surface area contributed by atoms with E-state index in [-0.39, 0.29) is 11.3 Å². The Kier molecular flexibility index (Phi) is 10.4. The minimum atomic E-state index is -0.702. The molecule has 2 aliphatic heterocycles. The van der Waals surface area contributed by atoms with Crippen LogP contribution in [0.1, 0.15) is 48.9 Å². The molecule has 1 unspecified atom stereocenters. The van der Waals surface area contributed by atoms with Gasteiger partial charge in [0.15, 0.2) is 0 Å². The van der Waals surface area contributed by atoms with Crippen LogP contribution in [0.3, 0.4) is 0 Å². The lowest BCUT2D eigenvalue weighted by Crippen LogP contribution is -2.38. The maximum Gasteiger partial charge on any atom is 0.295 e. The fourth-order valence-corrected chi connectivity index (χ4v) is 5.09. The standard InChI is InChI=1S/C32H40N2O6/c1-4-6-19-39-26-11-8-24(9-12-26)29-28(30(35)25-10-13-27(23(3)22-25)40-18-5-2)31(36)32(37)34(29)15-7-14-33-16-20-38-21-17-33/h5,8-13,22,29,35H,2,4,6-7,14-21H2,1,3H3/b30-28+. The van der Waals surface area contributed by atoms with Gasteiger partial charge in [0.1, 0.15) is 23.9 Å². The molecule has 2 saturated heterocycles. The van der Waals surface area contributed by atoms with Crippen molar-refractivity contribution in [2.45, 2.75) is 39.2 Å². The molecule has 4 rings (SSSR count). The number of likely N-dealkylation sites (tertiary alicyclic amines) is 1. The van der Waals surface area contributed by atoms with E-state index >= 15 is 0 Å². The molecule has 0 saturated carbocycles. The second-order valence-electron chi connectivity index (χ2n) is 10.2. The van der Waals surface area contributed by atoms with Crippen molar-refractivity contribution in [3.63, 3.8) is 0 Å². The molecule has 2 fully saturated rings. The van der Waals surface area contributed by atoms with Crippen molar-refractivity contribution >= 4 is 17.4 Å². The number of carbonyl (C=O) groups is 2. The number of aliphatic hydroxyl groups excluding tert-OH is 1. The van der Waals surface area contributed by atoms with Crippen molar-refractivity contribution in [2.24, 2.45) is 0 Å². The molecule has 2 aliphatic rings. The van der Waals surface area contributed by atoms with Crippen LogP contribution in [-0.4, -0.2) is 79.2 Å². The Morgan fingerprint density at radius 1 is 1.07 bits per heavy atom. The fourth-order valence-electron chi connectivity index (χ4n) is 5.09. The molecule has 2 heterocycles. The summed E-state index contributed by atoms with van der Waals surface area (Å²) in [6, 6.07) is 12.0. The molecule has 0 aliphatic carbocycles. The fraction of sp³-hybridized carbons (Fsp3) is 0.438. The Morgan fingerprint density at radius 2 is 1.82 bits per heavy atom. The van der Waals surface area contributed by atoms with Gasteiger partial charge in [-0.3, -0.25) is 14.5 Å². The summed E-state index contributed by atoms with van der Waals surface area (Å²) in [7, 11) is 0. The van der Waals surface area contributed by atoms with E-state index < -0.39 is 17.7 Å². The van der Waals surface area contributed by atoms with Gasteiger partial charge in [0.25, 0.3) is 11.7 Å². The molecule has 1 N–H and O–H groups in total. The van der Waals surface area contributed by atoms with Gasteiger partial charge in [0.2, 0.25) is 0 Å². The van der Waals surface area contributed by atoms with Gasteiger partial charge in [-0.05, 0) is 61.2 Å². The number of Topliss-reactive ketones (excluding diaryl/α,β-unsaturated/α-hetero) is 1. The third-order valence-corrected chi connectivity index (χ3v) is 7.28. The van der Waals surface area contributed by atoms with Gasteiger partial charge < -0.3 is 24.2 Å². The molecule has 1 amide bonds. The van der Waals surface area contributed by atoms with E-state index in [0.717, 1.165) is 49.4 Å². The van der Waals surface area contributed by atoms with Crippen LogP contribution >= 0.6 is 0 Å². The SMILES string of the molecule is C=CCOc1ccc(/C(O)=C2\C(=O)C(=O)N(CCCN3CCOCC3)C2c2ccc(OCCCC)cc2)cc1C. The molecule has 40 heavy (non-hydrogen) atoms. The number of aliphatic hydroxyl groups is 1. The first kappa shape index (κ1) is 29.4. The van der Waals surface area contributed by atoms with Crippen LogP contribution < -0.4 is 9.47 Å². The number of ketones is 1. The smallest absolute Gasteiger partial charge is 0.295 e. The van der Waals surface area contributed by atoms with Gasteiger partial charge in [-0.15, -0.1) is 0 Å². The average molecular weight is 549 g/mol. The first-order valence-corrected chi connectivity index (χ1v) is 14.1. The predicted molar refractivity (Wildman–Crippen MR) is 155 cm³/mol. The van der Waals surface area contributed by atoms with Crippen molar-refractivity contribution in [3.8, 4) is 11.5 Å². The number of ether oxygens (including phenoxy) is 3. The number of nitrogens with zero attached hydrogens (tertiary/aromatic N) is 2. The number of aryl methyl sites for hydroxylation is 1. The van der Waals surface area contributed by atoms with Crippen LogP contribution in [0.4, 0.5) is 0 Å². The zero-order chi connectivity index (χ0) is 28.5. The lowest BCUT2D eigenvalue weighted by Gasteiger charge is -2.29. The summed E-state index contributed by atoms with van der Waals surface area (Å²) >= 11 is 0. The minimum absolute atomic E-state index is 0.0928. The van der Waals surface area contributed by atoms with Crippen molar-refractivity contribution < 1.29 is 28.9 Å². The van der Waals surface area contributed by atoms with Crippen LogP contribution in [0, 0.1) is 6.92 Å². The lowest BCUT2D eigenvalue weighted by atomic mass is 9.94. The molecule has 8 heteroatoms. The maximum atomic E-state index is 13.4. The molecule has 8 nitrogen and oxygen atoms in total. The second kappa shape index (κ2) is 14.1. The second-order valence-corrected chi connectivity index (χ2v) is 10.2. The number of benzene rings is 2. The number of carbonyl (C=O) groups excluding carboxylic acids is 2. The molecule has 2 aromatic carbocycles. The van der Waals surface area contributed by atoms with Gasteiger partial charge in [0.05, 0.1) is 31.4 Å². The summed E-state index contributed by atoms with van der Waals surface area (Å²) in [5.74, 6) is -0.0793. The Balaban J connectivity index is 1.65. The number of amides is 1.